The Kier molecular flexibility index (Phi) is 9.44. The Labute approximate surface area is 82.8 Å². The molecule has 2 nitrogen and oxygen atoms in total. The molecule has 0 spiro atoms. The molecule has 0 rings (SSSR count). The first-order valence-corrected chi connectivity index (χ1v) is 5.42. The van der Waals surface area contributed by atoms with E-state index in [1.165, 1.54) is 12.8 Å². The molecule has 0 radical (unpaired) electrons. The molecule has 0 saturated carbocycles. The molecule has 0 aromatic carbocycles. The van der Waals surface area contributed by atoms with Crippen molar-refractivity contribution in [3.63, 3.8) is 0 Å². The highest BCUT2D eigenvalue weighted by atomic mass is 14.8. The maximum atomic E-state index is 4.15. The van der Waals surface area contributed by atoms with Gasteiger partial charge in [-0.1, -0.05) is 13.8 Å². The maximum Gasteiger partial charge on any atom is 0.0397 e. The van der Waals surface area contributed by atoms with Crippen molar-refractivity contribution in [2.24, 2.45) is 10.9 Å². The van der Waals surface area contributed by atoms with Crippen LogP contribution >= 0.6 is 0 Å². The average Bonchev–Trinajstić information content (AvgIpc) is 2.09. The second-order valence-electron chi connectivity index (χ2n) is 3.80. The smallest absolute Gasteiger partial charge is 0.0397 e. The van der Waals surface area contributed by atoms with Gasteiger partial charge in [-0.2, -0.15) is 0 Å². The van der Waals surface area contributed by atoms with Crippen LogP contribution in [0.3, 0.4) is 0 Å². The van der Waals surface area contributed by atoms with Gasteiger partial charge in [0, 0.05) is 6.54 Å². The zero-order valence-corrected chi connectivity index (χ0v) is 9.34. The molecule has 0 atom stereocenters. The van der Waals surface area contributed by atoms with Crippen LogP contribution in [-0.4, -0.2) is 25.8 Å². The molecular formula is C11H24N2. The Morgan fingerprint density at radius 2 is 1.92 bits per heavy atom. The van der Waals surface area contributed by atoms with Crippen molar-refractivity contribution in [3.8, 4) is 0 Å². The summed E-state index contributed by atoms with van der Waals surface area (Å²) in [5.74, 6) is 0.839. The molecule has 0 heterocycles. The fourth-order valence-corrected chi connectivity index (χ4v) is 1.18. The van der Waals surface area contributed by atoms with E-state index in [9.17, 15) is 0 Å². The van der Waals surface area contributed by atoms with Crippen molar-refractivity contribution >= 4 is 6.21 Å². The van der Waals surface area contributed by atoms with E-state index in [1.54, 1.807) is 0 Å². The summed E-state index contributed by atoms with van der Waals surface area (Å²) < 4.78 is 0. The van der Waals surface area contributed by atoms with Gasteiger partial charge in [-0.3, -0.25) is 4.99 Å². The topological polar surface area (TPSA) is 24.4 Å². The summed E-state index contributed by atoms with van der Waals surface area (Å²) in [6.45, 7) is 9.75. The average molecular weight is 184 g/mol. The van der Waals surface area contributed by atoms with Crippen molar-refractivity contribution < 1.29 is 0 Å². The second-order valence-corrected chi connectivity index (χ2v) is 3.80. The highest BCUT2D eigenvalue weighted by molar-refractivity contribution is 5.53. The number of rotatable bonds is 8. The van der Waals surface area contributed by atoms with E-state index in [0.717, 1.165) is 32.0 Å². The lowest BCUT2D eigenvalue weighted by molar-refractivity contribution is 0.525. The minimum absolute atomic E-state index is 0.839. The molecular weight excluding hydrogens is 160 g/mol. The molecule has 0 aliphatic rings. The van der Waals surface area contributed by atoms with E-state index in [0.29, 0.717) is 0 Å². The van der Waals surface area contributed by atoms with E-state index in [-0.39, 0.29) is 0 Å². The van der Waals surface area contributed by atoms with Gasteiger partial charge in [-0.25, -0.2) is 0 Å². The molecule has 0 amide bonds. The lowest BCUT2D eigenvalue weighted by Gasteiger charge is -2.05. The third-order valence-corrected chi connectivity index (χ3v) is 1.96. The Balaban J connectivity index is 2.91. The Morgan fingerprint density at radius 1 is 1.23 bits per heavy atom. The Hall–Kier alpha value is -0.370. The summed E-state index contributed by atoms with van der Waals surface area (Å²) >= 11 is 0. The quantitative estimate of drug-likeness (QED) is 0.455. The van der Waals surface area contributed by atoms with Crippen LogP contribution in [0.15, 0.2) is 4.99 Å². The third-order valence-electron chi connectivity index (χ3n) is 1.96. The Bertz CT molecular complexity index is 119. The predicted molar refractivity (Wildman–Crippen MR) is 60.6 cm³/mol. The van der Waals surface area contributed by atoms with Gasteiger partial charge in [-0.15, -0.1) is 0 Å². The van der Waals surface area contributed by atoms with E-state index in [4.69, 9.17) is 0 Å². The molecule has 0 aliphatic carbocycles. The normalized spacial score (nSPS) is 11.7. The van der Waals surface area contributed by atoms with Crippen LogP contribution in [0.5, 0.6) is 0 Å². The van der Waals surface area contributed by atoms with Gasteiger partial charge < -0.3 is 5.32 Å². The molecule has 0 aliphatic heterocycles. The first-order chi connectivity index (χ1) is 6.27. The molecule has 0 bridgehead atoms. The van der Waals surface area contributed by atoms with Crippen molar-refractivity contribution in [2.75, 3.05) is 19.6 Å². The van der Waals surface area contributed by atoms with Crippen LogP contribution < -0.4 is 5.32 Å². The molecule has 2 heteroatoms. The molecule has 0 aromatic heterocycles. The zero-order valence-electron chi connectivity index (χ0n) is 9.34. The summed E-state index contributed by atoms with van der Waals surface area (Å²) in [4.78, 5) is 4.15. The minimum atomic E-state index is 0.839. The molecule has 1 N–H and O–H groups in total. The van der Waals surface area contributed by atoms with Crippen molar-refractivity contribution in [1.29, 1.82) is 0 Å². The van der Waals surface area contributed by atoms with E-state index < -0.39 is 0 Å². The van der Waals surface area contributed by atoms with Gasteiger partial charge in [0.05, 0.1) is 0 Å². The van der Waals surface area contributed by atoms with Gasteiger partial charge in [-0.05, 0) is 51.4 Å². The number of nitrogens with zero attached hydrogens (tertiary/aromatic N) is 1. The van der Waals surface area contributed by atoms with E-state index in [2.05, 4.69) is 24.2 Å². The molecule has 0 fully saturated rings. The Morgan fingerprint density at radius 3 is 2.54 bits per heavy atom. The molecule has 0 aromatic rings. The lowest BCUT2D eigenvalue weighted by Crippen LogP contribution is -2.17. The monoisotopic (exact) mass is 184 g/mol. The molecule has 13 heavy (non-hydrogen) atoms. The standard InChI is InChI=1S/C11H24N2/c1-4-12-9-6-10-13-8-5-7-11(2)3/h4,11,13H,5-10H2,1-3H3/b12-4+. The largest absolute Gasteiger partial charge is 0.317 e. The lowest BCUT2D eigenvalue weighted by atomic mass is 10.1. The van der Waals surface area contributed by atoms with Crippen LogP contribution in [0.2, 0.25) is 0 Å². The highest BCUT2D eigenvalue weighted by Gasteiger charge is 1.92. The van der Waals surface area contributed by atoms with Crippen LogP contribution in [0.4, 0.5) is 0 Å². The highest BCUT2D eigenvalue weighted by Crippen LogP contribution is 2.01. The SMILES string of the molecule is C/C=N/CCCNCCCC(C)C. The van der Waals surface area contributed by atoms with Gasteiger partial charge in [0.1, 0.15) is 0 Å². The summed E-state index contributed by atoms with van der Waals surface area (Å²) in [5, 5.41) is 3.43. The van der Waals surface area contributed by atoms with Crippen molar-refractivity contribution in [2.45, 2.75) is 40.0 Å². The maximum absolute atomic E-state index is 4.15. The van der Waals surface area contributed by atoms with E-state index >= 15 is 0 Å². The van der Waals surface area contributed by atoms with Crippen LogP contribution in [0.1, 0.15) is 40.0 Å². The van der Waals surface area contributed by atoms with Gasteiger partial charge in [0.15, 0.2) is 0 Å². The first kappa shape index (κ1) is 12.6. The van der Waals surface area contributed by atoms with Gasteiger partial charge in [0.2, 0.25) is 0 Å². The molecule has 78 valence electrons. The van der Waals surface area contributed by atoms with E-state index in [1.807, 2.05) is 13.1 Å². The van der Waals surface area contributed by atoms with Gasteiger partial charge in [0.25, 0.3) is 0 Å². The third kappa shape index (κ3) is 11.6. The number of hydrogen-bond donors (Lipinski definition) is 1. The number of hydrogen-bond acceptors (Lipinski definition) is 2. The van der Waals surface area contributed by atoms with Crippen molar-refractivity contribution in [1.82, 2.24) is 5.32 Å². The summed E-state index contributed by atoms with van der Waals surface area (Å²) in [6.07, 6.45) is 5.67. The minimum Gasteiger partial charge on any atom is -0.317 e. The van der Waals surface area contributed by atoms with Crippen LogP contribution in [-0.2, 0) is 0 Å². The fourth-order valence-electron chi connectivity index (χ4n) is 1.18. The summed E-state index contributed by atoms with van der Waals surface area (Å²) in [7, 11) is 0. The molecule has 0 unspecified atom stereocenters. The first-order valence-electron chi connectivity index (χ1n) is 5.42. The fraction of sp³-hybridized carbons (Fsp3) is 0.909. The van der Waals surface area contributed by atoms with Crippen LogP contribution in [0, 0.1) is 5.92 Å². The summed E-state index contributed by atoms with van der Waals surface area (Å²) in [6, 6.07) is 0. The predicted octanol–water partition coefficient (Wildman–Crippen LogP) is 2.49. The van der Waals surface area contributed by atoms with Gasteiger partial charge >= 0.3 is 0 Å². The van der Waals surface area contributed by atoms with Crippen molar-refractivity contribution in [3.05, 3.63) is 0 Å². The number of nitrogens with one attached hydrogen (secondary N) is 1. The second kappa shape index (κ2) is 9.72. The number of aliphatic imine (C=N–C) groups is 1. The summed E-state index contributed by atoms with van der Waals surface area (Å²) in [5.41, 5.74) is 0. The van der Waals surface area contributed by atoms with Crippen LogP contribution in [0.25, 0.3) is 0 Å². The zero-order chi connectivity index (χ0) is 9.94. The molecule has 0 saturated heterocycles.